The van der Waals surface area contributed by atoms with Crippen LogP contribution in [0.5, 0.6) is 0 Å². The monoisotopic (exact) mass is 465 g/mol. The second kappa shape index (κ2) is 7.96. The molecule has 4 aromatic rings. The average molecular weight is 466 g/mol. The SMILES string of the molecule is CS(=O)(=O)c1cccc(-c2cnc3[nH]nc(-c4cc(F)cc(NC(=O)NC5CC5)c4)c3c2)c1. The Balaban J connectivity index is 1.53. The summed E-state index contributed by atoms with van der Waals surface area (Å²) in [6.45, 7) is 0. The Kier molecular flexibility index (Phi) is 5.09. The lowest BCUT2D eigenvalue weighted by molar-refractivity contribution is 0.251. The molecule has 0 aliphatic heterocycles. The van der Waals surface area contributed by atoms with E-state index in [4.69, 9.17) is 0 Å². The topological polar surface area (TPSA) is 117 Å². The summed E-state index contributed by atoms with van der Waals surface area (Å²) in [5.41, 5.74) is 3.10. The number of fused-ring (bicyclic) bond motifs is 1. The van der Waals surface area contributed by atoms with Gasteiger partial charge in [-0.25, -0.2) is 22.6 Å². The number of sulfone groups is 1. The highest BCUT2D eigenvalue weighted by molar-refractivity contribution is 7.90. The van der Waals surface area contributed by atoms with Gasteiger partial charge in [-0.2, -0.15) is 5.10 Å². The minimum absolute atomic E-state index is 0.180. The van der Waals surface area contributed by atoms with Crippen molar-refractivity contribution < 1.29 is 17.6 Å². The van der Waals surface area contributed by atoms with Gasteiger partial charge in [0.1, 0.15) is 11.5 Å². The van der Waals surface area contributed by atoms with Gasteiger partial charge in [-0.1, -0.05) is 12.1 Å². The number of aromatic amines is 1. The molecule has 2 amide bonds. The highest BCUT2D eigenvalue weighted by Gasteiger charge is 2.23. The molecule has 0 saturated heterocycles. The minimum atomic E-state index is -3.36. The summed E-state index contributed by atoms with van der Waals surface area (Å²) >= 11 is 0. The molecule has 168 valence electrons. The molecule has 0 bridgehead atoms. The van der Waals surface area contributed by atoms with Gasteiger partial charge >= 0.3 is 6.03 Å². The van der Waals surface area contributed by atoms with Gasteiger partial charge in [-0.15, -0.1) is 0 Å². The molecule has 33 heavy (non-hydrogen) atoms. The summed E-state index contributed by atoms with van der Waals surface area (Å²) < 4.78 is 38.2. The number of rotatable bonds is 5. The van der Waals surface area contributed by atoms with Crippen LogP contribution in [0, 0.1) is 5.82 Å². The van der Waals surface area contributed by atoms with Crippen LogP contribution in [0.2, 0.25) is 0 Å². The third-order valence-electron chi connectivity index (χ3n) is 5.35. The quantitative estimate of drug-likeness (QED) is 0.410. The number of carbonyl (C=O) groups excluding carboxylic acids is 1. The Bertz CT molecular complexity index is 1500. The van der Waals surface area contributed by atoms with Gasteiger partial charge in [-0.3, -0.25) is 5.10 Å². The largest absolute Gasteiger partial charge is 0.335 e. The number of nitrogens with one attached hydrogen (secondary N) is 3. The highest BCUT2D eigenvalue weighted by Crippen LogP contribution is 2.32. The van der Waals surface area contributed by atoms with Crippen molar-refractivity contribution in [2.45, 2.75) is 23.8 Å². The summed E-state index contributed by atoms with van der Waals surface area (Å²) in [7, 11) is -3.36. The number of benzene rings is 2. The molecule has 0 atom stereocenters. The van der Waals surface area contributed by atoms with Crippen LogP contribution in [0.4, 0.5) is 14.9 Å². The number of amides is 2. The molecule has 5 rings (SSSR count). The predicted molar refractivity (Wildman–Crippen MR) is 123 cm³/mol. The third kappa shape index (κ3) is 4.56. The molecule has 0 spiro atoms. The molecule has 2 aromatic carbocycles. The number of hydrogen-bond donors (Lipinski definition) is 3. The van der Waals surface area contributed by atoms with E-state index >= 15 is 0 Å². The molecule has 1 aliphatic rings. The standard InChI is InChI=1S/C23H20FN5O3S/c1-33(31,32)19-4-2-3-13(9-19)15-10-20-21(28-29-22(20)25-12-15)14-7-16(24)11-18(8-14)27-23(30)26-17-5-6-17/h2-4,7-12,17H,5-6H2,1H3,(H,25,28,29)(H2,26,27,30). The molecular formula is C23H20FN5O3S. The van der Waals surface area contributed by atoms with Crippen molar-refractivity contribution in [1.82, 2.24) is 20.5 Å². The second-order valence-electron chi connectivity index (χ2n) is 8.09. The molecule has 10 heteroatoms. The van der Waals surface area contributed by atoms with Crippen molar-refractivity contribution in [3.63, 3.8) is 0 Å². The number of halogens is 1. The second-order valence-corrected chi connectivity index (χ2v) is 10.1. The van der Waals surface area contributed by atoms with E-state index in [0.717, 1.165) is 19.1 Å². The van der Waals surface area contributed by atoms with E-state index < -0.39 is 15.7 Å². The lowest BCUT2D eigenvalue weighted by Gasteiger charge is -2.09. The van der Waals surface area contributed by atoms with Gasteiger partial charge in [0.15, 0.2) is 15.5 Å². The fourth-order valence-corrected chi connectivity index (χ4v) is 4.23. The molecule has 0 radical (unpaired) electrons. The number of nitrogens with zero attached hydrogens (tertiary/aromatic N) is 2. The molecule has 1 fully saturated rings. The van der Waals surface area contributed by atoms with Crippen molar-refractivity contribution >= 4 is 32.6 Å². The fourth-order valence-electron chi connectivity index (χ4n) is 3.57. The molecule has 3 N–H and O–H groups in total. The van der Waals surface area contributed by atoms with Gasteiger partial charge in [0.05, 0.1) is 4.90 Å². The first-order chi connectivity index (χ1) is 15.8. The van der Waals surface area contributed by atoms with Crippen LogP contribution in [-0.4, -0.2) is 41.9 Å². The lowest BCUT2D eigenvalue weighted by atomic mass is 10.0. The number of H-pyrrole nitrogens is 1. The Labute approximate surface area is 189 Å². The van der Waals surface area contributed by atoms with Crippen LogP contribution >= 0.6 is 0 Å². The summed E-state index contributed by atoms with van der Waals surface area (Å²) in [5, 5.41) is 13.2. The van der Waals surface area contributed by atoms with Gasteiger partial charge in [0.25, 0.3) is 0 Å². The van der Waals surface area contributed by atoms with Crippen molar-refractivity contribution in [1.29, 1.82) is 0 Å². The van der Waals surface area contributed by atoms with Crippen LogP contribution in [0.1, 0.15) is 12.8 Å². The number of hydrogen-bond acceptors (Lipinski definition) is 5. The Hall–Kier alpha value is -3.79. The smallest absolute Gasteiger partial charge is 0.319 e. The Morgan fingerprint density at radius 1 is 1.09 bits per heavy atom. The molecule has 1 saturated carbocycles. The van der Waals surface area contributed by atoms with Gasteiger partial charge in [0, 0.05) is 40.7 Å². The number of carbonyl (C=O) groups is 1. The Morgan fingerprint density at radius 2 is 1.91 bits per heavy atom. The zero-order valence-electron chi connectivity index (χ0n) is 17.6. The summed E-state index contributed by atoms with van der Waals surface area (Å²) in [6.07, 6.45) is 4.67. The molecular weight excluding hydrogens is 445 g/mol. The first-order valence-corrected chi connectivity index (χ1v) is 12.2. The summed E-state index contributed by atoms with van der Waals surface area (Å²) in [5.74, 6) is -0.518. The van der Waals surface area contributed by atoms with Gasteiger partial charge < -0.3 is 10.6 Å². The predicted octanol–water partition coefficient (Wildman–Crippen LogP) is 4.12. The summed E-state index contributed by atoms with van der Waals surface area (Å²) in [6, 6.07) is 12.4. The van der Waals surface area contributed by atoms with Gasteiger partial charge in [-0.05, 0) is 54.8 Å². The zero-order valence-corrected chi connectivity index (χ0v) is 18.4. The van der Waals surface area contributed by atoms with Crippen LogP contribution in [0.3, 0.4) is 0 Å². The van der Waals surface area contributed by atoms with Crippen molar-refractivity contribution in [3.8, 4) is 22.4 Å². The maximum absolute atomic E-state index is 14.4. The van der Waals surface area contributed by atoms with E-state index in [1.807, 2.05) is 6.07 Å². The number of anilines is 1. The van der Waals surface area contributed by atoms with Crippen LogP contribution in [0.15, 0.2) is 59.6 Å². The average Bonchev–Trinajstić information content (AvgIpc) is 3.47. The maximum Gasteiger partial charge on any atom is 0.319 e. The summed E-state index contributed by atoms with van der Waals surface area (Å²) in [4.78, 5) is 16.7. The zero-order chi connectivity index (χ0) is 23.2. The Morgan fingerprint density at radius 3 is 2.67 bits per heavy atom. The van der Waals surface area contributed by atoms with E-state index in [0.29, 0.717) is 39.1 Å². The number of urea groups is 1. The van der Waals surface area contributed by atoms with E-state index in [9.17, 15) is 17.6 Å². The third-order valence-corrected chi connectivity index (χ3v) is 6.46. The number of aromatic nitrogens is 3. The van der Waals surface area contributed by atoms with Crippen LogP contribution in [0.25, 0.3) is 33.4 Å². The normalized spacial score (nSPS) is 13.8. The van der Waals surface area contributed by atoms with E-state index in [1.165, 1.54) is 18.2 Å². The van der Waals surface area contributed by atoms with E-state index in [-0.39, 0.29) is 17.0 Å². The van der Waals surface area contributed by atoms with Crippen molar-refractivity contribution in [3.05, 3.63) is 60.5 Å². The molecule has 8 nitrogen and oxygen atoms in total. The van der Waals surface area contributed by atoms with Gasteiger partial charge in [0.2, 0.25) is 0 Å². The molecule has 2 heterocycles. The molecule has 1 aliphatic carbocycles. The minimum Gasteiger partial charge on any atom is -0.335 e. The first-order valence-electron chi connectivity index (χ1n) is 10.3. The van der Waals surface area contributed by atoms with E-state index in [1.54, 1.807) is 30.5 Å². The highest BCUT2D eigenvalue weighted by atomic mass is 32.2. The fraction of sp³-hybridized carbons (Fsp3) is 0.174. The van der Waals surface area contributed by atoms with Crippen molar-refractivity contribution in [2.24, 2.45) is 0 Å². The van der Waals surface area contributed by atoms with Crippen LogP contribution in [-0.2, 0) is 9.84 Å². The van der Waals surface area contributed by atoms with Crippen LogP contribution < -0.4 is 10.6 Å². The molecule has 0 unspecified atom stereocenters. The van der Waals surface area contributed by atoms with E-state index in [2.05, 4.69) is 25.8 Å². The lowest BCUT2D eigenvalue weighted by Crippen LogP contribution is -2.30. The van der Waals surface area contributed by atoms with Crippen molar-refractivity contribution in [2.75, 3.05) is 11.6 Å². The number of pyridine rings is 1. The maximum atomic E-state index is 14.4. The molecule has 2 aromatic heterocycles. The first kappa shape index (κ1) is 21.1.